The second kappa shape index (κ2) is 16.0. The molecule has 2 amide bonds. The van der Waals surface area contributed by atoms with Crippen molar-refractivity contribution in [1.82, 2.24) is 10.2 Å². The molecule has 0 bridgehead atoms. The monoisotopic (exact) mass is 713 g/mol. The van der Waals surface area contributed by atoms with E-state index >= 15 is 0 Å². The summed E-state index contributed by atoms with van der Waals surface area (Å²) in [6.07, 6.45) is 0.183. The number of sulfonamides is 1. The molecule has 4 rings (SSSR count). The highest BCUT2D eigenvalue weighted by molar-refractivity contribution is 7.92. The molecule has 0 aliphatic heterocycles. The molecule has 7 nitrogen and oxygen atoms in total. The molecular weight excluding hydrogens is 677 g/mol. The zero-order valence-corrected chi connectivity index (χ0v) is 29.8. The number of halogens is 3. The number of nitrogens with zero attached hydrogens (tertiary/aromatic N) is 2. The van der Waals surface area contributed by atoms with E-state index in [1.54, 1.807) is 49.4 Å². The van der Waals surface area contributed by atoms with Gasteiger partial charge < -0.3 is 10.2 Å². The van der Waals surface area contributed by atoms with Gasteiger partial charge in [-0.2, -0.15) is 0 Å². The third-order valence-electron chi connectivity index (χ3n) is 7.64. The average Bonchev–Trinajstić information content (AvgIpc) is 3.03. The van der Waals surface area contributed by atoms with Crippen LogP contribution >= 0.6 is 34.8 Å². The maximum Gasteiger partial charge on any atom is 0.264 e. The van der Waals surface area contributed by atoms with Crippen LogP contribution in [0.4, 0.5) is 5.69 Å². The summed E-state index contributed by atoms with van der Waals surface area (Å²) >= 11 is 19.1. The SMILES string of the molecule is Cc1ccc(S(=O)(=O)N(CC(=O)N(Cc2ccc(Cl)cc2Cl)[C@H](Cc2ccccc2)C(=O)NCC(C)C)c2cc(Cl)ccc2C)cc1. The van der Waals surface area contributed by atoms with Gasteiger partial charge in [0.15, 0.2) is 0 Å². The van der Waals surface area contributed by atoms with Gasteiger partial charge in [-0.3, -0.25) is 13.9 Å². The highest BCUT2D eigenvalue weighted by atomic mass is 35.5. The zero-order valence-electron chi connectivity index (χ0n) is 26.7. The minimum Gasteiger partial charge on any atom is -0.354 e. The van der Waals surface area contributed by atoms with Crippen molar-refractivity contribution in [1.29, 1.82) is 0 Å². The van der Waals surface area contributed by atoms with Crippen LogP contribution in [0.5, 0.6) is 0 Å². The number of carbonyl (C=O) groups excluding carboxylic acids is 2. The Bertz CT molecular complexity index is 1820. The minimum absolute atomic E-state index is 0.0121. The molecule has 0 fully saturated rings. The Hall–Kier alpha value is -3.56. The van der Waals surface area contributed by atoms with Crippen LogP contribution in [-0.2, 0) is 32.6 Å². The molecule has 0 radical (unpaired) electrons. The number of aryl methyl sites for hydroxylation is 2. The maximum atomic E-state index is 14.6. The van der Waals surface area contributed by atoms with Gasteiger partial charge in [-0.25, -0.2) is 8.42 Å². The fraction of sp³-hybridized carbons (Fsp3) is 0.278. The molecular formula is C36H38Cl3N3O4S. The first-order valence-corrected chi connectivity index (χ1v) is 17.7. The molecule has 0 unspecified atom stereocenters. The van der Waals surface area contributed by atoms with Gasteiger partial charge in [0.05, 0.1) is 10.6 Å². The Labute approximate surface area is 292 Å². The second-order valence-electron chi connectivity index (χ2n) is 11.9. The van der Waals surface area contributed by atoms with Crippen molar-refractivity contribution in [2.45, 2.75) is 51.6 Å². The van der Waals surface area contributed by atoms with Gasteiger partial charge in [-0.1, -0.05) is 109 Å². The normalized spacial score (nSPS) is 12.1. The van der Waals surface area contributed by atoms with Gasteiger partial charge in [0.25, 0.3) is 10.0 Å². The Morgan fingerprint density at radius 2 is 1.47 bits per heavy atom. The van der Waals surface area contributed by atoms with Gasteiger partial charge in [0, 0.05) is 34.6 Å². The van der Waals surface area contributed by atoms with E-state index in [1.165, 1.54) is 23.1 Å². The maximum absolute atomic E-state index is 14.6. The molecule has 0 aliphatic rings. The molecule has 0 saturated heterocycles. The summed E-state index contributed by atoms with van der Waals surface area (Å²) in [5.41, 5.74) is 3.10. The quantitative estimate of drug-likeness (QED) is 0.153. The summed E-state index contributed by atoms with van der Waals surface area (Å²) in [5, 5.41) is 4.01. The standard InChI is InChI=1S/C36H38Cl3N3O4S/c1-24(2)21-40-36(44)34(18-27-8-6-5-7-9-27)41(22-28-13-15-29(37)19-32(28)39)35(43)23-42(33-20-30(38)14-12-26(33)4)47(45,46)31-16-10-25(3)11-17-31/h5-17,19-20,24,34H,18,21-23H2,1-4H3,(H,40,44)/t34-/m1/s1. The Morgan fingerprint density at radius 3 is 2.11 bits per heavy atom. The van der Waals surface area contributed by atoms with E-state index in [9.17, 15) is 18.0 Å². The third kappa shape index (κ3) is 9.51. The van der Waals surface area contributed by atoms with E-state index < -0.39 is 28.5 Å². The van der Waals surface area contributed by atoms with Crippen LogP contribution in [0.15, 0.2) is 95.9 Å². The zero-order chi connectivity index (χ0) is 34.3. The molecule has 4 aromatic rings. The Morgan fingerprint density at radius 1 is 0.830 bits per heavy atom. The van der Waals surface area contributed by atoms with E-state index in [0.717, 1.165) is 15.4 Å². The first-order valence-electron chi connectivity index (χ1n) is 15.2. The first-order chi connectivity index (χ1) is 22.3. The highest BCUT2D eigenvalue weighted by Gasteiger charge is 2.35. The molecule has 248 valence electrons. The van der Waals surface area contributed by atoms with Crippen molar-refractivity contribution in [3.63, 3.8) is 0 Å². The lowest BCUT2D eigenvalue weighted by atomic mass is 10.0. The number of anilines is 1. The van der Waals surface area contributed by atoms with Crippen LogP contribution in [0.1, 0.15) is 36.1 Å². The van der Waals surface area contributed by atoms with Crippen LogP contribution in [0.25, 0.3) is 0 Å². The van der Waals surface area contributed by atoms with Gasteiger partial charge in [0.2, 0.25) is 11.8 Å². The highest BCUT2D eigenvalue weighted by Crippen LogP contribution is 2.31. The number of rotatable bonds is 13. The van der Waals surface area contributed by atoms with Crippen molar-refractivity contribution in [3.8, 4) is 0 Å². The Kier molecular flexibility index (Phi) is 12.4. The lowest BCUT2D eigenvalue weighted by Gasteiger charge is -2.34. The van der Waals surface area contributed by atoms with Gasteiger partial charge in [0.1, 0.15) is 12.6 Å². The van der Waals surface area contributed by atoms with Crippen molar-refractivity contribution in [2.75, 3.05) is 17.4 Å². The second-order valence-corrected chi connectivity index (χ2v) is 15.0. The predicted octanol–water partition coefficient (Wildman–Crippen LogP) is 7.87. The molecule has 0 heterocycles. The summed E-state index contributed by atoms with van der Waals surface area (Å²) in [6.45, 7) is 7.27. The largest absolute Gasteiger partial charge is 0.354 e. The molecule has 0 aliphatic carbocycles. The van der Waals surface area contributed by atoms with Crippen LogP contribution in [-0.4, -0.2) is 44.3 Å². The van der Waals surface area contributed by atoms with Gasteiger partial charge in [-0.05, 0) is 72.9 Å². The van der Waals surface area contributed by atoms with Crippen LogP contribution in [0.3, 0.4) is 0 Å². The topological polar surface area (TPSA) is 86.8 Å². The average molecular weight is 715 g/mol. The summed E-state index contributed by atoms with van der Waals surface area (Å²) in [6, 6.07) is 24.5. The Balaban J connectivity index is 1.85. The number of nitrogens with one attached hydrogen (secondary N) is 1. The fourth-order valence-corrected chi connectivity index (χ4v) is 7.12. The fourth-order valence-electron chi connectivity index (χ4n) is 5.01. The van der Waals surface area contributed by atoms with Gasteiger partial charge in [-0.15, -0.1) is 0 Å². The molecule has 4 aromatic carbocycles. The van der Waals surface area contributed by atoms with E-state index in [-0.39, 0.29) is 35.4 Å². The van der Waals surface area contributed by atoms with E-state index in [2.05, 4.69) is 5.32 Å². The summed E-state index contributed by atoms with van der Waals surface area (Å²) in [7, 11) is -4.27. The lowest BCUT2D eigenvalue weighted by molar-refractivity contribution is -0.140. The number of hydrogen-bond acceptors (Lipinski definition) is 4. The van der Waals surface area contributed by atoms with Crippen LogP contribution < -0.4 is 9.62 Å². The summed E-state index contributed by atoms with van der Waals surface area (Å²) in [4.78, 5) is 30.0. The smallest absolute Gasteiger partial charge is 0.264 e. The van der Waals surface area contributed by atoms with Crippen molar-refractivity contribution in [2.24, 2.45) is 5.92 Å². The van der Waals surface area contributed by atoms with Crippen molar-refractivity contribution in [3.05, 3.63) is 128 Å². The van der Waals surface area contributed by atoms with Crippen molar-refractivity contribution < 1.29 is 18.0 Å². The minimum atomic E-state index is -4.27. The summed E-state index contributed by atoms with van der Waals surface area (Å²) in [5.74, 6) is -0.813. The third-order valence-corrected chi connectivity index (χ3v) is 10.2. The first kappa shape index (κ1) is 36.3. The molecule has 0 aromatic heterocycles. The van der Waals surface area contributed by atoms with E-state index in [0.29, 0.717) is 32.7 Å². The molecule has 0 saturated carbocycles. The molecule has 11 heteroatoms. The number of hydrogen-bond donors (Lipinski definition) is 1. The van der Waals surface area contributed by atoms with E-state index in [4.69, 9.17) is 34.8 Å². The molecule has 1 atom stereocenters. The predicted molar refractivity (Wildman–Crippen MR) is 191 cm³/mol. The van der Waals surface area contributed by atoms with Crippen LogP contribution in [0.2, 0.25) is 15.1 Å². The molecule has 0 spiro atoms. The summed E-state index contributed by atoms with van der Waals surface area (Å²) < 4.78 is 29.6. The lowest BCUT2D eigenvalue weighted by Crippen LogP contribution is -2.53. The van der Waals surface area contributed by atoms with E-state index in [1.807, 2.05) is 51.1 Å². The number of benzene rings is 4. The number of amides is 2. The molecule has 47 heavy (non-hydrogen) atoms. The number of carbonyl (C=O) groups is 2. The van der Waals surface area contributed by atoms with Crippen molar-refractivity contribution >= 4 is 62.3 Å². The molecule has 1 N–H and O–H groups in total. The van der Waals surface area contributed by atoms with Crippen LogP contribution in [0, 0.1) is 19.8 Å². The van der Waals surface area contributed by atoms with Gasteiger partial charge >= 0.3 is 0 Å².